The number of nitrogens with two attached hydrogens (primary N) is 1. The number of primary amides is 1. The quantitative estimate of drug-likeness (QED) is 0.774. The van der Waals surface area contributed by atoms with Gasteiger partial charge in [-0.2, -0.15) is 0 Å². The second kappa shape index (κ2) is 6.36. The lowest BCUT2D eigenvalue weighted by Crippen LogP contribution is -2.17. The van der Waals surface area contributed by atoms with Crippen LogP contribution in [0.3, 0.4) is 0 Å². The number of nitrogens with one attached hydrogen (secondary N) is 1. The van der Waals surface area contributed by atoms with Crippen molar-refractivity contribution < 1.29 is 4.79 Å². The summed E-state index contributed by atoms with van der Waals surface area (Å²) in [5.41, 5.74) is 10.7. The Kier molecular flexibility index (Phi) is 3.90. The Morgan fingerprint density at radius 3 is 1.96 bits per heavy atom. The third kappa shape index (κ3) is 2.96. The van der Waals surface area contributed by atoms with Crippen molar-refractivity contribution in [2.45, 2.75) is 18.9 Å². The van der Waals surface area contributed by atoms with Gasteiger partial charge in [0.1, 0.15) is 0 Å². The Bertz CT molecular complexity index is 873. The number of rotatable bonds is 3. The van der Waals surface area contributed by atoms with Crippen molar-refractivity contribution in [2.75, 3.05) is 5.32 Å². The minimum Gasteiger partial charge on any atom is -0.366 e. The second-order valence-corrected chi connectivity index (χ2v) is 6.13. The fraction of sp³-hybridized carbons (Fsp3) is 0.150. The first-order valence-electron chi connectivity index (χ1n) is 8.26. The van der Waals surface area contributed by atoms with Crippen molar-refractivity contribution in [2.24, 2.45) is 5.73 Å². The van der Waals surface area contributed by atoms with Gasteiger partial charge in [-0.15, -0.1) is 0 Å². The van der Waals surface area contributed by atoms with Gasteiger partial charge in [-0.3, -0.25) is 4.79 Å². The Hall–Kier alpha value is -3.21. The molecule has 4 rings (SSSR count). The molecule has 0 aliphatic heterocycles. The number of amides is 1. The summed E-state index contributed by atoms with van der Waals surface area (Å²) in [6, 6.07) is 16.9. The molecule has 124 valence electrons. The normalized spacial score (nSPS) is 13.4. The van der Waals surface area contributed by atoms with E-state index < -0.39 is 5.91 Å². The maximum absolute atomic E-state index is 11.2. The number of hydrogen-bond acceptors (Lipinski definition) is 4. The molecular formula is C20H18N4O. The molecule has 1 aromatic heterocycles. The van der Waals surface area contributed by atoms with E-state index in [1.54, 1.807) is 0 Å². The summed E-state index contributed by atoms with van der Waals surface area (Å²) in [7, 11) is 0. The average Bonchev–Trinajstić information content (AvgIpc) is 2.80. The van der Waals surface area contributed by atoms with Gasteiger partial charge in [-0.25, -0.2) is 9.97 Å². The Labute approximate surface area is 145 Å². The highest BCUT2D eigenvalue weighted by Crippen LogP contribution is 2.34. The van der Waals surface area contributed by atoms with Crippen LogP contribution in [-0.2, 0) is 12.8 Å². The molecule has 0 atom stereocenters. The van der Waals surface area contributed by atoms with Crippen LogP contribution in [0.25, 0.3) is 0 Å². The molecule has 0 saturated heterocycles. The van der Waals surface area contributed by atoms with Crippen LogP contribution in [0.5, 0.6) is 0 Å². The summed E-state index contributed by atoms with van der Waals surface area (Å²) in [5.74, 6) is -0.0572. The Morgan fingerprint density at radius 2 is 1.44 bits per heavy atom. The monoisotopic (exact) mass is 330 g/mol. The van der Waals surface area contributed by atoms with Crippen LogP contribution >= 0.6 is 0 Å². The van der Waals surface area contributed by atoms with Crippen molar-refractivity contribution in [3.05, 3.63) is 88.7 Å². The fourth-order valence-electron chi connectivity index (χ4n) is 3.34. The lowest BCUT2D eigenvalue weighted by molar-refractivity contribution is 0.0999. The molecule has 0 spiro atoms. The smallest absolute Gasteiger partial charge is 0.251 e. The van der Waals surface area contributed by atoms with Gasteiger partial charge in [-0.1, -0.05) is 48.5 Å². The molecule has 0 unspecified atom stereocenters. The van der Waals surface area contributed by atoms with E-state index >= 15 is 0 Å². The van der Waals surface area contributed by atoms with Crippen molar-refractivity contribution >= 4 is 11.9 Å². The molecule has 1 heterocycles. The van der Waals surface area contributed by atoms with Crippen LogP contribution in [0.2, 0.25) is 0 Å². The van der Waals surface area contributed by atoms with Crippen molar-refractivity contribution in [1.82, 2.24) is 9.97 Å². The predicted octanol–water partition coefficient (Wildman–Crippen LogP) is 2.88. The van der Waals surface area contributed by atoms with E-state index in [4.69, 9.17) is 5.73 Å². The second-order valence-electron chi connectivity index (χ2n) is 6.13. The van der Waals surface area contributed by atoms with Crippen LogP contribution in [0.4, 0.5) is 5.95 Å². The molecule has 2 aromatic carbocycles. The van der Waals surface area contributed by atoms with E-state index in [0.29, 0.717) is 11.5 Å². The molecule has 5 heteroatoms. The van der Waals surface area contributed by atoms with Crippen LogP contribution in [0.1, 0.15) is 38.7 Å². The van der Waals surface area contributed by atoms with E-state index in [-0.39, 0.29) is 6.04 Å². The third-order valence-electron chi connectivity index (χ3n) is 4.61. The number of anilines is 1. The van der Waals surface area contributed by atoms with E-state index in [1.807, 2.05) is 0 Å². The van der Waals surface area contributed by atoms with E-state index in [9.17, 15) is 4.79 Å². The zero-order chi connectivity index (χ0) is 17.2. The maximum atomic E-state index is 11.2. The molecule has 1 amide bonds. The number of aromatic nitrogens is 2. The van der Waals surface area contributed by atoms with Crippen LogP contribution in [0, 0.1) is 0 Å². The van der Waals surface area contributed by atoms with Gasteiger partial charge >= 0.3 is 0 Å². The molecule has 0 bridgehead atoms. The first-order valence-corrected chi connectivity index (χ1v) is 8.26. The molecule has 0 radical (unpaired) electrons. The standard InChI is InChI=1S/C20H18N4O/c21-19(25)15-11-22-20(23-12-15)24-18-16-7-3-1-5-13(16)9-10-14-6-2-4-8-17(14)18/h1-8,11-12,18H,9-10H2,(H2,21,25)(H,22,23,24). The fourth-order valence-corrected chi connectivity index (χ4v) is 3.34. The highest BCUT2D eigenvalue weighted by atomic mass is 16.1. The lowest BCUT2D eigenvalue weighted by atomic mass is 9.95. The van der Waals surface area contributed by atoms with Gasteiger partial charge in [0.05, 0.1) is 11.6 Å². The molecule has 1 aliphatic carbocycles. The molecule has 0 saturated carbocycles. The van der Waals surface area contributed by atoms with Gasteiger partial charge in [0.25, 0.3) is 5.91 Å². The van der Waals surface area contributed by atoms with E-state index in [2.05, 4.69) is 63.8 Å². The summed E-state index contributed by atoms with van der Waals surface area (Å²) in [6.45, 7) is 0. The topological polar surface area (TPSA) is 80.9 Å². The minimum absolute atomic E-state index is 0.0330. The molecular weight excluding hydrogens is 312 g/mol. The minimum atomic E-state index is -0.531. The van der Waals surface area contributed by atoms with E-state index in [1.165, 1.54) is 34.6 Å². The van der Waals surface area contributed by atoms with E-state index in [0.717, 1.165) is 12.8 Å². The number of aryl methyl sites for hydroxylation is 2. The van der Waals surface area contributed by atoms with Gasteiger partial charge in [0.15, 0.2) is 0 Å². The largest absolute Gasteiger partial charge is 0.366 e. The summed E-state index contributed by atoms with van der Waals surface area (Å²) >= 11 is 0. The zero-order valence-electron chi connectivity index (χ0n) is 13.6. The number of fused-ring (bicyclic) bond motifs is 2. The van der Waals surface area contributed by atoms with Crippen molar-refractivity contribution in [3.8, 4) is 0 Å². The maximum Gasteiger partial charge on any atom is 0.251 e. The molecule has 5 nitrogen and oxygen atoms in total. The Morgan fingerprint density at radius 1 is 0.920 bits per heavy atom. The summed E-state index contributed by atoms with van der Waals surface area (Å²) in [5, 5.41) is 3.43. The van der Waals surface area contributed by atoms with Gasteiger partial charge in [-0.05, 0) is 35.1 Å². The number of benzene rings is 2. The van der Waals surface area contributed by atoms with Crippen LogP contribution in [0.15, 0.2) is 60.9 Å². The first kappa shape index (κ1) is 15.3. The molecule has 3 N–H and O–H groups in total. The summed E-state index contributed by atoms with van der Waals surface area (Å²) < 4.78 is 0. The number of nitrogens with zero attached hydrogens (tertiary/aromatic N) is 2. The van der Waals surface area contributed by atoms with Crippen LogP contribution in [-0.4, -0.2) is 15.9 Å². The summed E-state index contributed by atoms with van der Waals surface area (Å²) in [6.07, 6.45) is 4.91. The molecule has 25 heavy (non-hydrogen) atoms. The van der Waals surface area contributed by atoms with Gasteiger partial charge < -0.3 is 11.1 Å². The Balaban J connectivity index is 1.76. The number of hydrogen-bond donors (Lipinski definition) is 2. The van der Waals surface area contributed by atoms with Gasteiger partial charge in [0, 0.05) is 12.4 Å². The molecule has 0 fully saturated rings. The average molecular weight is 330 g/mol. The third-order valence-corrected chi connectivity index (χ3v) is 4.61. The number of carbonyl (C=O) groups excluding carboxylic acids is 1. The van der Waals surface area contributed by atoms with Crippen molar-refractivity contribution in [3.63, 3.8) is 0 Å². The lowest BCUT2D eigenvalue weighted by Gasteiger charge is -2.21. The predicted molar refractivity (Wildman–Crippen MR) is 96.3 cm³/mol. The number of carbonyl (C=O) groups is 1. The van der Waals surface area contributed by atoms with Gasteiger partial charge in [0.2, 0.25) is 5.95 Å². The molecule has 3 aromatic rings. The SMILES string of the molecule is NC(=O)c1cnc(NC2c3ccccc3CCc3ccccc32)nc1. The summed E-state index contributed by atoms with van der Waals surface area (Å²) in [4.78, 5) is 19.7. The molecule has 1 aliphatic rings. The highest BCUT2D eigenvalue weighted by molar-refractivity contribution is 5.92. The van der Waals surface area contributed by atoms with Crippen molar-refractivity contribution in [1.29, 1.82) is 0 Å². The zero-order valence-corrected chi connectivity index (χ0v) is 13.6. The first-order chi connectivity index (χ1) is 12.2. The van der Waals surface area contributed by atoms with Crippen LogP contribution < -0.4 is 11.1 Å². The highest BCUT2D eigenvalue weighted by Gasteiger charge is 2.23.